The van der Waals surface area contributed by atoms with Crippen LogP contribution in [0.1, 0.15) is 186 Å². The van der Waals surface area contributed by atoms with E-state index in [1.807, 2.05) is 67.8 Å². The summed E-state index contributed by atoms with van der Waals surface area (Å²) in [5.74, 6) is -2.95. The second-order valence-electron chi connectivity index (χ2n) is 27.1. The van der Waals surface area contributed by atoms with E-state index in [1.165, 1.54) is 18.3 Å². The van der Waals surface area contributed by atoms with Gasteiger partial charge in [0.2, 0.25) is 17.7 Å². The van der Waals surface area contributed by atoms with Crippen LogP contribution in [0.3, 0.4) is 0 Å². The van der Waals surface area contributed by atoms with E-state index in [2.05, 4.69) is 50.1 Å². The Morgan fingerprint density at radius 3 is 1.71 bits per heavy atom. The number of carbonyl (C=O) groups is 11. The average molecular weight is 1460 g/mol. The van der Waals surface area contributed by atoms with Gasteiger partial charge in [0, 0.05) is 148 Å². The van der Waals surface area contributed by atoms with E-state index in [0.29, 0.717) is 138 Å². The standard InChI is InChI=1S/C56H71N9O10.C25H31N5O2/c1-5-24-64(25-6-2)55(73)42-29-40-18-19-41(30-47(40)62-49(57)31-42)53(71)61-43-27-39(33-59-34-43)17-22-52(70)75-35-38-15-13-37(14-16-38)28-48(67)46(12-10-23-60-56(58)74)63-54(72)45(36(3)4)32-44(66)11-8-7-9-26-65-50(68)20-21-51(65)69;1-3-10-30(11-4-2)25(32)20-13-18-8-9-19(14-22(18)29-23(27)15-20)24(31)28-21-7-5-6-17(12-21)16-26/h13-16,18-21,27,29-30,33-34,36,45-46H,5-12,17,22-26,28,31-32,35H2,1-4H3,(H2,57,62)(H,61,71)(H,63,72)(H3,58,60,74);5-9,12-14H,3-4,10-11,15-16,26H2,1-2H3,(H2,27,29)(H,28,31)/t45-,46-;/m0./s1. The zero-order valence-electron chi connectivity index (χ0n) is 62.2. The van der Waals surface area contributed by atoms with Gasteiger partial charge in [0.1, 0.15) is 24.1 Å². The number of aromatic nitrogens is 1. The summed E-state index contributed by atoms with van der Waals surface area (Å²) in [6.07, 6.45) is 16.0. The van der Waals surface area contributed by atoms with Gasteiger partial charge < -0.3 is 58.7 Å². The fourth-order valence-corrected chi connectivity index (χ4v) is 12.4. The zero-order valence-corrected chi connectivity index (χ0v) is 62.2. The van der Waals surface area contributed by atoms with Gasteiger partial charge in [0.05, 0.1) is 29.3 Å². The number of rotatable bonds is 38. The minimum atomic E-state index is -0.907. The maximum atomic E-state index is 13.7. The summed E-state index contributed by atoms with van der Waals surface area (Å²) in [5, 5.41) is 11.1. The van der Waals surface area contributed by atoms with E-state index in [1.54, 1.807) is 79.0 Å². The van der Waals surface area contributed by atoms with Gasteiger partial charge in [0.15, 0.2) is 5.78 Å². The van der Waals surface area contributed by atoms with Gasteiger partial charge >= 0.3 is 12.0 Å². The van der Waals surface area contributed by atoms with Crippen LogP contribution in [0.5, 0.6) is 0 Å². The van der Waals surface area contributed by atoms with Crippen LogP contribution in [0.4, 0.5) is 27.5 Å². The highest BCUT2D eigenvalue weighted by atomic mass is 16.5. The first-order chi connectivity index (χ1) is 51.4. The number of primary amides is 1. The molecule has 1 aromatic heterocycles. The Balaban J connectivity index is 0.000000413. The predicted molar refractivity (Wildman–Crippen MR) is 414 cm³/mol. The number of Topliss-reactive ketones (excluding diaryl/α,β-unsaturated/α-hetero) is 2. The number of pyridine rings is 1. The summed E-state index contributed by atoms with van der Waals surface area (Å²) in [5.41, 5.74) is 31.8. The molecular weight excluding hydrogens is 1360 g/mol. The van der Waals surface area contributed by atoms with Gasteiger partial charge in [-0.1, -0.05) is 96.5 Å². The van der Waals surface area contributed by atoms with Crippen molar-refractivity contribution < 1.29 is 57.5 Å². The van der Waals surface area contributed by atoms with E-state index in [-0.39, 0.29) is 117 Å². The number of amides is 9. The maximum Gasteiger partial charge on any atom is 0.312 e. The molecule has 0 radical (unpaired) electrons. The van der Waals surface area contributed by atoms with Gasteiger partial charge in [-0.25, -0.2) is 14.8 Å². The summed E-state index contributed by atoms with van der Waals surface area (Å²) in [7, 11) is 0. The molecule has 0 bridgehead atoms. The number of amidine groups is 2. The lowest BCUT2D eigenvalue weighted by Crippen LogP contribution is -2.46. The fraction of sp³-hybridized carbons (Fsp3) is 0.407. The van der Waals surface area contributed by atoms with Crippen molar-refractivity contribution in [3.05, 3.63) is 171 Å². The number of aryl methyl sites for hydroxylation is 1. The Labute approximate surface area is 625 Å². The van der Waals surface area contributed by atoms with Crippen LogP contribution >= 0.6 is 0 Å². The molecule has 0 aliphatic carbocycles. The molecule has 0 unspecified atom stereocenters. The number of ether oxygens (including phenoxy) is 1. The number of carbonyl (C=O) groups excluding carboxylic acids is 11. The molecule has 26 heteroatoms. The maximum absolute atomic E-state index is 13.7. The Bertz CT molecular complexity index is 4170. The van der Waals surface area contributed by atoms with Crippen LogP contribution in [0.25, 0.3) is 12.2 Å². The molecule has 4 aromatic carbocycles. The molecule has 107 heavy (non-hydrogen) atoms. The topological polar surface area (TPSA) is 397 Å². The molecule has 3 aliphatic rings. The van der Waals surface area contributed by atoms with Crippen molar-refractivity contribution in [2.75, 3.05) is 49.9 Å². The number of anilines is 2. The van der Waals surface area contributed by atoms with Gasteiger partial charge in [-0.05, 0) is 141 Å². The third-order valence-electron chi connectivity index (χ3n) is 18.0. The minimum Gasteiger partial charge on any atom is -0.461 e. The van der Waals surface area contributed by atoms with Crippen LogP contribution in [0, 0.1) is 11.8 Å². The molecular formula is C81H102N14O12. The molecule has 0 saturated carbocycles. The first kappa shape index (κ1) is 83.0. The lowest BCUT2D eigenvalue weighted by atomic mass is 9.88. The van der Waals surface area contributed by atoms with Crippen molar-refractivity contribution >= 4 is 111 Å². The first-order valence-corrected chi connectivity index (χ1v) is 36.8. The number of imide groups is 1. The average Bonchev–Trinajstić information content (AvgIpc) is 1.74. The van der Waals surface area contributed by atoms with Crippen molar-refractivity contribution in [1.29, 1.82) is 0 Å². The second kappa shape index (κ2) is 42.0. The molecule has 26 nitrogen and oxygen atoms in total. The second-order valence-corrected chi connectivity index (χ2v) is 27.1. The summed E-state index contributed by atoms with van der Waals surface area (Å²) >= 11 is 0. The minimum absolute atomic E-state index is 0.00838. The monoisotopic (exact) mass is 1460 g/mol. The Hall–Kier alpha value is -11.3. The van der Waals surface area contributed by atoms with E-state index in [4.69, 9.17) is 27.7 Å². The van der Waals surface area contributed by atoms with E-state index < -0.39 is 35.8 Å². The number of fused-ring (bicyclic) bond motifs is 2. The van der Waals surface area contributed by atoms with Gasteiger partial charge in [-0.3, -0.25) is 57.8 Å². The summed E-state index contributed by atoms with van der Waals surface area (Å²) in [6.45, 7) is 15.4. The first-order valence-electron chi connectivity index (χ1n) is 36.8. The third-order valence-corrected chi connectivity index (χ3v) is 18.0. The highest BCUT2D eigenvalue weighted by Crippen LogP contribution is 2.32. The van der Waals surface area contributed by atoms with E-state index in [0.717, 1.165) is 41.7 Å². The number of hydrogen-bond donors (Lipinski definition) is 8. The molecule has 5 aromatic rings. The molecule has 0 saturated heterocycles. The number of ketones is 2. The molecule has 3 aliphatic heterocycles. The molecule has 0 spiro atoms. The summed E-state index contributed by atoms with van der Waals surface area (Å²) in [4.78, 5) is 159. The number of unbranched alkanes of at least 4 members (excludes halogenated alkanes) is 2. The molecule has 8 rings (SSSR count). The van der Waals surface area contributed by atoms with E-state index >= 15 is 0 Å². The highest BCUT2D eigenvalue weighted by Gasteiger charge is 2.31. The molecule has 568 valence electrons. The van der Waals surface area contributed by atoms with Crippen LogP contribution < -0.4 is 44.2 Å². The van der Waals surface area contributed by atoms with Gasteiger partial charge in [0.25, 0.3) is 23.6 Å². The fourth-order valence-electron chi connectivity index (χ4n) is 12.4. The number of nitrogens with two attached hydrogens (primary N) is 4. The van der Waals surface area contributed by atoms with Crippen LogP contribution in [0.2, 0.25) is 0 Å². The Morgan fingerprint density at radius 1 is 0.617 bits per heavy atom. The lowest BCUT2D eigenvalue weighted by molar-refractivity contribution is -0.145. The Morgan fingerprint density at radius 2 is 1.17 bits per heavy atom. The number of aliphatic imine (C=N–C) groups is 2. The number of esters is 1. The predicted octanol–water partition coefficient (Wildman–Crippen LogP) is 10.0. The quantitative estimate of drug-likeness (QED) is 0.0103. The Kier molecular flexibility index (Phi) is 32.6. The van der Waals surface area contributed by atoms with Crippen molar-refractivity contribution in [1.82, 2.24) is 30.3 Å². The van der Waals surface area contributed by atoms with Crippen LogP contribution in [-0.4, -0.2) is 142 Å². The number of urea groups is 1. The number of hydrogen-bond acceptors (Lipinski definition) is 18. The number of nitrogens with one attached hydrogen (secondary N) is 4. The van der Waals surface area contributed by atoms with Crippen LogP contribution in [0.15, 0.2) is 137 Å². The molecule has 9 amide bonds. The van der Waals surface area contributed by atoms with Crippen molar-refractivity contribution in [2.24, 2.45) is 44.8 Å². The molecule has 2 atom stereocenters. The SMILES string of the molecule is CCCN(CCC)C(=O)C1=Cc2ccc(C(=O)Nc3cccc(CN)c3)cc2N=C(N)C1.CCCN(CCC)C(=O)C1=Cc2ccc(C(=O)Nc3cncc(CCC(=O)OCc4ccc(CC(=O)[C@H](CCCNC(N)=O)NC(=O)[C@@H](CC(=O)CCCCCN5C(=O)C=CC5=O)C(C)C)cc4)c3)cc2N=C(N)C1. The van der Waals surface area contributed by atoms with Crippen LogP contribution in [-0.2, 0) is 69.1 Å². The molecule has 0 fully saturated rings. The van der Waals surface area contributed by atoms with Gasteiger partial charge in [-0.2, -0.15) is 0 Å². The smallest absolute Gasteiger partial charge is 0.312 e. The zero-order chi connectivity index (χ0) is 77.5. The van der Waals surface area contributed by atoms with Crippen molar-refractivity contribution in [2.45, 2.75) is 163 Å². The third kappa shape index (κ3) is 26.1. The number of nitrogens with zero attached hydrogens (tertiary/aromatic N) is 6. The molecule has 12 N–H and O–H groups in total. The lowest BCUT2D eigenvalue weighted by Gasteiger charge is -2.24. The highest BCUT2D eigenvalue weighted by molar-refractivity contribution is 6.13. The summed E-state index contributed by atoms with van der Waals surface area (Å²) in [6, 6.07) is 24.8. The largest absolute Gasteiger partial charge is 0.461 e. The van der Waals surface area contributed by atoms with Gasteiger partial charge in [-0.15, -0.1) is 0 Å². The number of benzene rings is 4. The van der Waals surface area contributed by atoms with Crippen molar-refractivity contribution in [3.8, 4) is 0 Å². The van der Waals surface area contributed by atoms with Crippen molar-refractivity contribution in [3.63, 3.8) is 0 Å². The normalized spacial score (nSPS) is 13.5. The molecule has 4 heterocycles. The van der Waals surface area contributed by atoms with E-state index in [9.17, 15) is 52.7 Å². The summed E-state index contributed by atoms with van der Waals surface area (Å²) < 4.78 is 5.54.